The Morgan fingerprint density at radius 2 is 0.794 bits per heavy atom. The standard InChI is InChI=1S/C57H107NO5/c1-3-5-7-9-11-13-15-17-18-20-23-26-29-33-37-41-45-49-55(60)54(53-59)58-56(61)50-46-42-38-34-30-27-24-21-19-22-25-28-32-36-40-44-48-52-63-57(62)51-47-43-39-35-31-16-14-12-10-8-6-4-2/h19,22,28,32,45,49,54-55,59-60H,3-18,20-21,23-27,29-31,33-44,46-48,50-53H2,1-2H3,(H,58,61)/b22-19-,32-28-,49-45+. The highest BCUT2D eigenvalue weighted by molar-refractivity contribution is 5.76. The Morgan fingerprint density at radius 3 is 1.21 bits per heavy atom. The van der Waals surface area contributed by atoms with Crippen LogP contribution in [0.2, 0.25) is 0 Å². The van der Waals surface area contributed by atoms with Crippen molar-refractivity contribution in [1.82, 2.24) is 5.32 Å². The van der Waals surface area contributed by atoms with Gasteiger partial charge in [0, 0.05) is 12.8 Å². The molecule has 3 N–H and O–H groups in total. The van der Waals surface area contributed by atoms with Crippen LogP contribution in [-0.4, -0.2) is 47.4 Å². The van der Waals surface area contributed by atoms with E-state index >= 15 is 0 Å². The van der Waals surface area contributed by atoms with E-state index in [9.17, 15) is 19.8 Å². The van der Waals surface area contributed by atoms with E-state index in [1.165, 1.54) is 180 Å². The third-order valence-electron chi connectivity index (χ3n) is 12.7. The second-order valence-electron chi connectivity index (χ2n) is 18.9. The van der Waals surface area contributed by atoms with Gasteiger partial charge in [-0.15, -0.1) is 0 Å². The van der Waals surface area contributed by atoms with Crippen molar-refractivity contribution < 1.29 is 24.5 Å². The van der Waals surface area contributed by atoms with Gasteiger partial charge in [0.15, 0.2) is 0 Å². The van der Waals surface area contributed by atoms with Gasteiger partial charge in [-0.05, 0) is 70.6 Å². The van der Waals surface area contributed by atoms with Crippen LogP contribution in [-0.2, 0) is 14.3 Å². The SMILES string of the molecule is CCCCCCCCCCCCCCCCC/C=C/C(O)C(CO)NC(=O)CCCCCCCCC/C=C\C/C=C\CCCCCOC(=O)CCCCCCCCCCCCCC. The Bertz CT molecular complexity index is 1020. The number of rotatable bonds is 51. The van der Waals surface area contributed by atoms with Crippen molar-refractivity contribution in [2.45, 2.75) is 302 Å². The normalized spacial score (nSPS) is 12.9. The summed E-state index contributed by atoms with van der Waals surface area (Å²) in [6.07, 6.45) is 64.4. The molecule has 0 radical (unpaired) electrons. The highest BCUT2D eigenvalue weighted by Crippen LogP contribution is 2.16. The molecule has 0 aliphatic carbocycles. The summed E-state index contributed by atoms with van der Waals surface area (Å²) in [4.78, 5) is 24.4. The van der Waals surface area contributed by atoms with Gasteiger partial charge in [0.2, 0.25) is 5.91 Å². The first kappa shape index (κ1) is 61.1. The zero-order chi connectivity index (χ0) is 45.8. The first-order chi connectivity index (χ1) is 31.0. The number of carbonyl (C=O) groups is 2. The Labute approximate surface area is 392 Å². The number of ether oxygens (including phenoxy) is 1. The van der Waals surface area contributed by atoms with Crippen molar-refractivity contribution in [3.05, 3.63) is 36.5 Å². The average molecular weight is 886 g/mol. The molecule has 63 heavy (non-hydrogen) atoms. The zero-order valence-electron chi connectivity index (χ0n) is 42.1. The van der Waals surface area contributed by atoms with Gasteiger partial charge in [-0.3, -0.25) is 9.59 Å². The maximum absolute atomic E-state index is 12.4. The molecule has 6 heteroatoms. The molecule has 0 saturated heterocycles. The predicted molar refractivity (Wildman–Crippen MR) is 273 cm³/mol. The highest BCUT2D eigenvalue weighted by Gasteiger charge is 2.18. The van der Waals surface area contributed by atoms with Crippen molar-refractivity contribution in [2.24, 2.45) is 0 Å². The van der Waals surface area contributed by atoms with Crippen molar-refractivity contribution in [2.75, 3.05) is 13.2 Å². The van der Waals surface area contributed by atoms with E-state index in [4.69, 9.17) is 4.74 Å². The van der Waals surface area contributed by atoms with Gasteiger partial charge in [-0.25, -0.2) is 0 Å². The zero-order valence-corrected chi connectivity index (χ0v) is 42.1. The lowest BCUT2D eigenvalue weighted by atomic mass is 10.0. The number of aliphatic hydroxyl groups excluding tert-OH is 2. The van der Waals surface area contributed by atoms with Crippen LogP contribution in [0.15, 0.2) is 36.5 Å². The van der Waals surface area contributed by atoms with E-state index in [1.54, 1.807) is 6.08 Å². The highest BCUT2D eigenvalue weighted by atomic mass is 16.5. The maximum atomic E-state index is 12.4. The maximum Gasteiger partial charge on any atom is 0.305 e. The molecule has 2 unspecified atom stereocenters. The van der Waals surface area contributed by atoms with Crippen LogP contribution in [0, 0.1) is 0 Å². The summed E-state index contributed by atoms with van der Waals surface area (Å²) in [7, 11) is 0. The topological polar surface area (TPSA) is 95.9 Å². The van der Waals surface area contributed by atoms with Gasteiger partial charge in [0.1, 0.15) is 0 Å². The minimum absolute atomic E-state index is 0.0160. The Morgan fingerprint density at radius 1 is 0.444 bits per heavy atom. The predicted octanol–water partition coefficient (Wildman–Crippen LogP) is 16.9. The van der Waals surface area contributed by atoms with Gasteiger partial charge in [0.25, 0.3) is 0 Å². The number of hydrogen-bond donors (Lipinski definition) is 3. The molecule has 0 aliphatic rings. The largest absolute Gasteiger partial charge is 0.466 e. The number of nitrogens with one attached hydrogen (secondary N) is 1. The number of unbranched alkanes of at least 4 members (excludes halogenated alkanes) is 36. The van der Waals surface area contributed by atoms with Crippen LogP contribution >= 0.6 is 0 Å². The van der Waals surface area contributed by atoms with Gasteiger partial charge in [-0.2, -0.15) is 0 Å². The molecule has 0 fully saturated rings. The number of amides is 1. The van der Waals surface area contributed by atoms with E-state index in [0.29, 0.717) is 19.4 Å². The number of esters is 1. The molecule has 1 amide bonds. The molecule has 0 heterocycles. The Hall–Kier alpha value is -1.92. The van der Waals surface area contributed by atoms with Crippen LogP contribution < -0.4 is 5.32 Å². The molecule has 0 bridgehead atoms. The van der Waals surface area contributed by atoms with Crippen LogP contribution in [0.5, 0.6) is 0 Å². The lowest BCUT2D eigenvalue weighted by Gasteiger charge is -2.20. The van der Waals surface area contributed by atoms with Gasteiger partial charge < -0.3 is 20.3 Å². The molecule has 0 aromatic rings. The van der Waals surface area contributed by atoms with Gasteiger partial charge in [0.05, 0.1) is 25.4 Å². The summed E-state index contributed by atoms with van der Waals surface area (Å²) >= 11 is 0. The Balaban J connectivity index is 3.54. The minimum atomic E-state index is -0.855. The first-order valence-corrected chi connectivity index (χ1v) is 27.8. The Kier molecular flexibility index (Phi) is 51.1. The summed E-state index contributed by atoms with van der Waals surface area (Å²) in [6.45, 7) is 4.86. The van der Waals surface area contributed by atoms with E-state index in [2.05, 4.69) is 43.5 Å². The lowest BCUT2D eigenvalue weighted by molar-refractivity contribution is -0.143. The fourth-order valence-corrected chi connectivity index (χ4v) is 8.37. The molecule has 0 spiro atoms. The number of allylic oxidation sites excluding steroid dienone is 5. The van der Waals surface area contributed by atoms with Gasteiger partial charge >= 0.3 is 5.97 Å². The van der Waals surface area contributed by atoms with Crippen LogP contribution in [0.3, 0.4) is 0 Å². The summed E-state index contributed by atoms with van der Waals surface area (Å²) in [6, 6.07) is -0.640. The van der Waals surface area contributed by atoms with Crippen molar-refractivity contribution in [3.63, 3.8) is 0 Å². The quantitative estimate of drug-likeness (QED) is 0.0321. The number of aliphatic hydroxyl groups is 2. The van der Waals surface area contributed by atoms with Crippen LogP contribution in [0.4, 0.5) is 0 Å². The third-order valence-corrected chi connectivity index (χ3v) is 12.7. The molecular weight excluding hydrogens is 779 g/mol. The van der Waals surface area contributed by atoms with E-state index in [0.717, 1.165) is 83.5 Å². The molecule has 370 valence electrons. The van der Waals surface area contributed by atoms with Crippen LogP contribution in [0.25, 0.3) is 0 Å². The molecule has 0 saturated carbocycles. The molecular formula is C57H107NO5. The second kappa shape index (κ2) is 52.7. The summed E-state index contributed by atoms with van der Waals surface area (Å²) in [5.41, 5.74) is 0. The van der Waals surface area contributed by atoms with E-state index in [-0.39, 0.29) is 18.5 Å². The molecule has 6 nitrogen and oxygen atoms in total. The number of hydrogen-bond acceptors (Lipinski definition) is 5. The minimum Gasteiger partial charge on any atom is -0.466 e. The summed E-state index contributed by atoms with van der Waals surface area (Å²) in [5, 5.41) is 23.1. The summed E-state index contributed by atoms with van der Waals surface area (Å²) in [5.74, 6) is -0.0992. The molecule has 0 rings (SSSR count). The fraction of sp³-hybridized carbons (Fsp3) is 0.860. The van der Waals surface area contributed by atoms with E-state index in [1.807, 2.05) is 6.08 Å². The second-order valence-corrected chi connectivity index (χ2v) is 18.9. The smallest absolute Gasteiger partial charge is 0.305 e. The van der Waals surface area contributed by atoms with Crippen molar-refractivity contribution in [1.29, 1.82) is 0 Å². The van der Waals surface area contributed by atoms with Crippen LogP contribution in [0.1, 0.15) is 290 Å². The number of carbonyl (C=O) groups excluding carboxylic acids is 2. The molecule has 0 aromatic heterocycles. The average Bonchev–Trinajstić information content (AvgIpc) is 3.28. The summed E-state index contributed by atoms with van der Waals surface area (Å²) < 4.78 is 5.44. The monoisotopic (exact) mass is 886 g/mol. The van der Waals surface area contributed by atoms with E-state index < -0.39 is 12.1 Å². The third kappa shape index (κ3) is 49.4. The lowest BCUT2D eigenvalue weighted by Crippen LogP contribution is -2.45. The molecule has 2 atom stereocenters. The molecule has 0 aliphatic heterocycles. The molecule has 0 aromatic carbocycles. The van der Waals surface area contributed by atoms with Gasteiger partial charge in [-0.1, -0.05) is 243 Å². The fourth-order valence-electron chi connectivity index (χ4n) is 8.37. The van der Waals surface area contributed by atoms with Crippen molar-refractivity contribution in [3.8, 4) is 0 Å². The first-order valence-electron chi connectivity index (χ1n) is 27.8. The van der Waals surface area contributed by atoms with Crippen molar-refractivity contribution >= 4 is 11.9 Å².